The minimum absolute atomic E-state index is 0.824. The van der Waals surface area contributed by atoms with Crippen molar-refractivity contribution in [2.24, 2.45) is 0 Å². The van der Waals surface area contributed by atoms with E-state index in [4.69, 9.17) is 18.3 Å². The summed E-state index contributed by atoms with van der Waals surface area (Å²) >= 11 is 0. The molecule has 23 aromatic carbocycles. The third kappa shape index (κ3) is 13.1. The fraction of sp³-hybridized carbons (Fsp3) is 0. The fourth-order valence-electron chi connectivity index (χ4n) is 20.8. The Morgan fingerprint density at radius 2 is 0.463 bits per heavy atom. The molecule has 0 unspecified atom stereocenters. The summed E-state index contributed by atoms with van der Waals surface area (Å²) in [6.45, 7) is 0. The molecule has 8 heteroatoms. The summed E-state index contributed by atoms with van der Waals surface area (Å²) in [5.74, 6) is 3.39. The SMILES string of the molecule is c1ccc(-c2ccccc2N(c2ccccc2)c2ccc(-c3cc4c5cccc6c5c(cc4c4ccccc34)-c3ccc(N(c4ccccc4)c4ccc5oc7ccccc7c5c4)cc3O6)cc2)cc1.c1ccc(N(c2ccccc2)c2ccc3c(c2)Oc2cccc4c2c-3cc2c3ccccc3c(-c3ccc(N(c5ccccc5)c5cccc6c5oc5ccccc56)cc3)cc42)cc1. The predicted molar refractivity (Wildman–Crippen MR) is 559 cm³/mol. The minimum Gasteiger partial charge on any atom is -0.456 e. The first-order valence-corrected chi connectivity index (χ1v) is 45.6. The van der Waals surface area contributed by atoms with E-state index in [0.717, 1.165) is 168 Å². The Bertz CT molecular complexity index is 8900. The molecule has 0 spiro atoms. The molecule has 0 atom stereocenters. The van der Waals surface area contributed by atoms with Crippen LogP contribution in [-0.2, 0) is 0 Å². The molecule has 0 bridgehead atoms. The van der Waals surface area contributed by atoms with Gasteiger partial charge in [-0.25, -0.2) is 0 Å². The van der Waals surface area contributed by atoms with Crippen molar-refractivity contribution in [3.63, 3.8) is 0 Å². The van der Waals surface area contributed by atoms with Crippen LogP contribution in [0.5, 0.6) is 23.0 Å². The van der Waals surface area contributed by atoms with E-state index < -0.39 is 0 Å². The zero-order chi connectivity index (χ0) is 88.3. The average molecular weight is 1710 g/mol. The molecule has 0 aliphatic carbocycles. The van der Waals surface area contributed by atoms with E-state index in [1.165, 1.54) is 87.2 Å². The van der Waals surface area contributed by atoms with E-state index >= 15 is 0 Å². The third-order valence-corrected chi connectivity index (χ3v) is 26.8. The van der Waals surface area contributed by atoms with E-state index in [1.54, 1.807) is 0 Å². The summed E-state index contributed by atoms with van der Waals surface area (Å²) < 4.78 is 26.7. The zero-order valence-corrected chi connectivity index (χ0v) is 72.6. The van der Waals surface area contributed by atoms with Crippen molar-refractivity contribution in [2.45, 2.75) is 0 Å². The molecule has 0 N–H and O–H groups in total. The van der Waals surface area contributed by atoms with Gasteiger partial charge < -0.3 is 37.9 Å². The monoisotopic (exact) mass is 1710 g/mol. The number of benzene rings is 23. The number of ether oxygens (including phenoxy) is 2. The second-order valence-electron chi connectivity index (χ2n) is 34.4. The van der Waals surface area contributed by atoms with Gasteiger partial charge in [0.25, 0.3) is 0 Å². The summed E-state index contributed by atoms with van der Waals surface area (Å²) in [5, 5.41) is 18.7. The second kappa shape index (κ2) is 32.0. The lowest BCUT2D eigenvalue weighted by Crippen LogP contribution is -2.11. The Labute approximate surface area is 773 Å². The van der Waals surface area contributed by atoms with E-state index in [-0.39, 0.29) is 0 Å². The fourth-order valence-corrected chi connectivity index (χ4v) is 20.8. The summed E-state index contributed by atoms with van der Waals surface area (Å²) in [6.07, 6.45) is 0. The maximum atomic E-state index is 6.98. The highest BCUT2D eigenvalue weighted by molar-refractivity contribution is 6.28. The van der Waals surface area contributed by atoms with E-state index in [2.05, 4.69) is 481 Å². The second-order valence-corrected chi connectivity index (χ2v) is 34.4. The van der Waals surface area contributed by atoms with Crippen LogP contribution in [-0.4, -0.2) is 0 Å². The molecule has 134 heavy (non-hydrogen) atoms. The number of rotatable bonds is 15. The van der Waals surface area contributed by atoms with E-state index in [1.807, 2.05) is 24.3 Å². The number of hydrogen-bond donors (Lipinski definition) is 0. The predicted octanol–water partition coefficient (Wildman–Crippen LogP) is 36.5. The molecule has 25 aromatic rings. The zero-order valence-electron chi connectivity index (χ0n) is 72.6. The van der Waals surface area contributed by atoms with Crippen molar-refractivity contribution in [2.75, 3.05) is 19.6 Å². The van der Waals surface area contributed by atoms with Gasteiger partial charge in [-0.1, -0.05) is 285 Å². The van der Waals surface area contributed by atoms with Crippen molar-refractivity contribution >= 4 is 177 Å². The largest absolute Gasteiger partial charge is 0.456 e. The standard InChI is InChI=1S/C66H42N2O2.C60H38N2O2/c1-4-17-43(18-5-1)50-23-12-14-28-61(50)68(46-21-8-3-9-22-46)47-33-31-44(32-34-47)56-41-58-55-27-16-30-64-66(55)60(42-57(58)52-25-11-10-24-51(52)56)54-37-35-49(40-65(54)70-64)67(45-19-6-2-7-20-45)48-36-38-63-59(39-48)53-26-13-15-29-62(53)69-63;1-4-16-40(17-5-1)61(41-18-6-2-7-19-41)44-34-35-48-54-38-52-46-23-11-10-22-45(46)51(37-53(52)49-25-15-29-57(59(49)54)63-58(48)36-44)39-30-32-43(33-31-39)62(42-20-8-3-9-21-42)55-27-14-26-50-47-24-12-13-28-56(47)64-60(50)55/h1-42H;1-38H. The molecular weight excluding hydrogens is 1630 g/mol. The molecule has 8 nitrogen and oxygen atoms in total. The van der Waals surface area contributed by atoms with Gasteiger partial charge in [-0.05, 0) is 281 Å². The number of anilines is 12. The van der Waals surface area contributed by atoms with Gasteiger partial charge in [0.15, 0.2) is 5.58 Å². The first kappa shape index (κ1) is 77.2. The molecule has 2 aromatic heterocycles. The smallest absolute Gasteiger partial charge is 0.159 e. The van der Waals surface area contributed by atoms with Crippen LogP contribution in [0.25, 0.3) is 164 Å². The Morgan fingerprint density at radius 3 is 0.963 bits per heavy atom. The van der Waals surface area contributed by atoms with Crippen LogP contribution in [0.1, 0.15) is 0 Å². The van der Waals surface area contributed by atoms with Crippen LogP contribution in [0.3, 0.4) is 0 Å². The molecule has 2 aliphatic rings. The Morgan fingerprint density at radius 1 is 0.142 bits per heavy atom. The third-order valence-electron chi connectivity index (χ3n) is 26.8. The number of hydrogen-bond acceptors (Lipinski definition) is 8. The lowest BCUT2D eigenvalue weighted by atomic mass is 9.86. The van der Waals surface area contributed by atoms with Crippen LogP contribution in [0, 0.1) is 0 Å². The van der Waals surface area contributed by atoms with Gasteiger partial charge >= 0.3 is 0 Å². The highest BCUT2D eigenvalue weighted by Crippen LogP contribution is 2.57. The van der Waals surface area contributed by atoms with Gasteiger partial charge in [0.2, 0.25) is 0 Å². The summed E-state index contributed by atoms with van der Waals surface area (Å²) in [7, 11) is 0. The van der Waals surface area contributed by atoms with Crippen LogP contribution < -0.4 is 29.1 Å². The molecule has 0 saturated heterocycles. The number of fused-ring (bicyclic) bond motifs is 18. The molecular formula is C126H80N4O4. The quantitative estimate of drug-likeness (QED) is 0.0941. The van der Waals surface area contributed by atoms with E-state index in [9.17, 15) is 0 Å². The molecule has 628 valence electrons. The van der Waals surface area contributed by atoms with Crippen LogP contribution in [0.15, 0.2) is 494 Å². The number of para-hydroxylation sites is 9. The lowest BCUT2D eigenvalue weighted by Gasteiger charge is -2.28. The summed E-state index contributed by atoms with van der Waals surface area (Å²) in [4.78, 5) is 9.23. The maximum Gasteiger partial charge on any atom is 0.159 e. The van der Waals surface area contributed by atoms with Crippen molar-refractivity contribution in [1.82, 2.24) is 0 Å². The molecule has 2 aliphatic heterocycles. The lowest BCUT2D eigenvalue weighted by molar-refractivity contribution is 0.487. The van der Waals surface area contributed by atoms with Gasteiger partial charge in [-0.3, -0.25) is 0 Å². The van der Waals surface area contributed by atoms with Crippen molar-refractivity contribution in [3.05, 3.63) is 485 Å². The van der Waals surface area contributed by atoms with Gasteiger partial charge in [0, 0.05) is 118 Å². The van der Waals surface area contributed by atoms with Gasteiger partial charge in [-0.2, -0.15) is 0 Å². The highest BCUT2D eigenvalue weighted by atomic mass is 16.5. The van der Waals surface area contributed by atoms with Crippen molar-refractivity contribution in [3.8, 4) is 78.6 Å². The minimum atomic E-state index is 0.824. The maximum absolute atomic E-state index is 6.98. The summed E-state index contributed by atoms with van der Waals surface area (Å²) in [5.41, 5.74) is 27.7. The molecule has 0 amide bonds. The number of furan rings is 2. The van der Waals surface area contributed by atoms with E-state index in [0.29, 0.717) is 0 Å². The topological polar surface area (TPSA) is 57.7 Å². The highest BCUT2D eigenvalue weighted by Gasteiger charge is 2.30. The average Bonchev–Trinajstić information content (AvgIpc) is 0.972. The van der Waals surface area contributed by atoms with Crippen molar-refractivity contribution < 1.29 is 18.3 Å². The molecule has 0 saturated carbocycles. The van der Waals surface area contributed by atoms with Crippen LogP contribution in [0.2, 0.25) is 0 Å². The van der Waals surface area contributed by atoms with Gasteiger partial charge in [0.05, 0.1) is 11.4 Å². The van der Waals surface area contributed by atoms with Crippen molar-refractivity contribution in [1.29, 1.82) is 0 Å². The summed E-state index contributed by atoms with van der Waals surface area (Å²) in [6, 6.07) is 173. The normalized spacial score (nSPS) is 11.9. The van der Waals surface area contributed by atoms with Crippen LogP contribution in [0.4, 0.5) is 68.2 Å². The Balaban J connectivity index is 0.000000140. The Hall–Kier alpha value is -18.0. The number of nitrogens with zero attached hydrogens (tertiary/aromatic N) is 4. The molecule has 27 rings (SSSR count). The Kier molecular flexibility index (Phi) is 18.5. The van der Waals surface area contributed by atoms with Crippen LogP contribution >= 0.6 is 0 Å². The molecule has 0 radical (unpaired) electrons. The first-order valence-electron chi connectivity index (χ1n) is 45.6. The first-order chi connectivity index (χ1) is 66.5. The van der Waals surface area contributed by atoms with Gasteiger partial charge in [0.1, 0.15) is 39.7 Å². The molecule has 0 fully saturated rings. The molecule has 4 heterocycles. The van der Waals surface area contributed by atoms with Gasteiger partial charge in [-0.15, -0.1) is 0 Å².